The van der Waals surface area contributed by atoms with Crippen LogP contribution in [-0.4, -0.2) is 9.13 Å². The lowest BCUT2D eigenvalue weighted by Gasteiger charge is -2.12. The Bertz CT molecular complexity index is 1070. The summed E-state index contributed by atoms with van der Waals surface area (Å²) in [6.07, 6.45) is 1.65. The van der Waals surface area contributed by atoms with Crippen LogP contribution in [-0.2, 0) is 13.6 Å². The molecule has 3 heterocycles. The zero-order valence-electron chi connectivity index (χ0n) is 12.7. The van der Waals surface area contributed by atoms with Crippen LogP contribution in [0, 0.1) is 11.3 Å². The zero-order chi connectivity index (χ0) is 17.3. The van der Waals surface area contributed by atoms with E-state index in [1.165, 1.54) is 32.6 Å². The summed E-state index contributed by atoms with van der Waals surface area (Å²) in [7, 11) is 1.66. The minimum absolute atomic E-state index is 0.0604. The summed E-state index contributed by atoms with van der Waals surface area (Å²) >= 11 is 7.34. The van der Waals surface area contributed by atoms with E-state index >= 15 is 0 Å². The predicted octanol–water partition coefficient (Wildman–Crippen LogP) is 2.85. The third kappa shape index (κ3) is 3.04. The Morgan fingerprint density at radius 3 is 2.62 bits per heavy atom. The summed E-state index contributed by atoms with van der Waals surface area (Å²) < 4.78 is 3.56. The Hall–Kier alpha value is -2.62. The van der Waals surface area contributed by atoms with Gasteiger partial charge in [-0.2, -0.15) is 5.26 Å². The van der Waals surface area contributed by atoms with Crippen LogP contribution in [0.25, 0.3) is 10.6 Å². The topological polar surface area (TPSA) is 67.8 Å². The van der Waals surface area contributed by atoms with Crippen molar-refractivity contribution in [2.24, 2.45) is 7.05 Å². The average molecular weight is 358 g/mol. The van der Waals surface area contributed by atoms with Gasteiger partial charge in [0.25, 0.3) is 11.1 Å². The van der Waals surface area contributed by atoms with Crippen molar-refractivity contribution in [2.75, 3.05) is 0 Å². The molecule has 0 aliphatic heterocycles. The molecule has 0 radical (unpaired) electrons. The first kappa shape index (κ1) is 16.2. The van der Waals surface area contributed by atoms with Crippen molar-refractivity contribution in [2.45, 2.75) is 6.54 Å². The average Bonchev–Trinajstić information content (AvgIpc) is 2.99. The SMILES string of the molecule is Cn1ccc(Cn2c(-c3ccc(Cl)s3)ccc(C#N)c2=O)cc1=O. The van der Waals surface area contributed by atoms with Crippen LogP contribution in [0.15, 0.2) is 52.2 Å². The minimum atomic E-state index is -0.389. The van der Waals surface area contributed by atoms with Gasteiger partial charge in [0.15, 0.2) is 0 Å². The van der Waals surface area contributed by atoms with E-state index in [0.717, 1.165) is 4.88 Å². The summed E-state index contributed by atoms with van der Waals surface area (Å²) in [6, 6.07) is 12.0. The van der Waals surface area contributed by atoms with E-state index in [1.807, 2.05) is 12.1 Å². The fraction of sp³-hybridized carbons (Fsp3) is 0.118. The maximum atomic E-state index is 12.6. The summed E-state index contributed by atoms with van der Waals surface area (Å²) in [5.74, 6) is 0. The lowest BCUT2D eigenvalue weighted by atomic mass is 10.2. The molecule has 0 aromatic carbocycles. The molecule has 0 amide bonds. The number of hydrogen-bond donors (Lipinski definition) is 0. The molecule has 0 spiro atoms. The second-order valence-electron chi connectivity index (χ2n) is 5.22. The summed E-state index contributed by atoms with van der Waals surface area (Å²) in [6.45, 7) is 0.204. The molecule has 120 valence electrons. The first-order valence-corrected chi connectivity index (χ1v) is 8.24. The van der Waals surface area contributed by atoms with Crippen LogP contribution in [0.1, 0.15) is 11.1 Å². The Balaban J connectivity index is 2.17. The largest absolute Gasteiger partial charge is 0.319 e. The van der Waals surface area contributed by atoms with Gasteiger partial charge in [0.1, 0.15) is 11.6 Å². The number of nitriles is 1. The summed E-state index contributed by atoms with van der Waals surface area (Å²) in [5, 5.41) is 9.12. The number of rotatable bonds is 3. The lowest BCUT2D eigenvalue weighted by molar-refractivity contribution is 0.755. The van der Waals surface area contributed by atoms with Crippen molar-refractivity contribution in [3.8, 4) is 16.6 Å². The first-order chi connectivity index (χ1) is 11.5. The third-order valence-electron chi connectivity index (χ3n) is 3.63. The number of halogens is 1. The molecule has 0 aliphatic carbocycles. The standard InChI is InChI=1S/C17H12ClN3O2S/c1-20-7-6-11(8-16(20)22)10-21-13(14-4-5-15(18)24-14)3-2-12(9-19)17(21)23/h2-8H,10H2,1H3. The molecule has 0 N–H and O–H groups in total. The van der Waals surface area contributed by atoms with E-state index in [4.69, 9.17) is 16.9 Å². The molecule has 0 atom stereocenters. The number of aromatic nitrogens is 2. The monoisotopic (exact) mass is 357 g/mol. The fourth-order valence-electron chi connectivity index (χ4n) is 2.36. The number of pyridine rings is 2. The second kappa shape index (κ2) is 6.48. The van der Waals surface area contributed by atoms with Gasteiger partial charge in [-0.05, 0) is 35.9 Å². The molecule has 0 bridgehead atoms. The van der Waals surface area contributed by atoms with Crippen molar-refractivity contribution < 1.29 is 0 Å². The Morgan fingerprint density at radius 2 is 2.00 bits per heavy atom. The van der Waals surface area contributed by atoms with Crippen molar-refractivity contribution >= 4 is 22.9 Å². The summed E-state index contributed by atoms with van der Waals surface area (Å²) in [5.41, 5.74) is 0.874. The molecule has 0 unspecified atom stereocenters. The van der Waals surface area contributed by atoms with Gasteiger partial charge in [0, 0.05) is 19.3 Å². The second-order valence-corrected chi connectivity index (χ2v) is 6.94. The van der Waals surface area contributed by atoms with Crippen molar-refractivity contribution in [1.29, 1.82) is 5.26 Å². The Morgan fingerprint density at radius 1 is 1.21 bits per heavy atom. The van der Waals surface area contributed by atoms with Crippen molar-refractivity contribution in [3.05, 3.63) is 78.8 Å². The number of thiophene rings is 1. The van der Waals surface area contributed by atoms with Gasteiger partial charge < -0.3 is 9.13 Å². The van der Waals surface area contributed by atoms with E-state index in [1.54, 1.807) is 31.4 Å². The van der Waals surface area contributed by atoms with Crippen molar-refractivity contribution in [1.82, 2.24) is 9.13 Å². The van der Waals surface area contributed by atoms with Gasteiger partial charge in [-0.3, -0.25) is 9.59 Å². The molecule has 7 heteroatoms. The smallest absolute Gasteiger partial charge is 0.269 e. The quantitative estimate of drug-likeness (QED) is 0.723. The molecule has 3 rings (SSSR count). The normalized spacial score (nSPS) is 10.5. The number of aryl methyl sites for hydroxylation is 1. The Labute approximate surface area is 146 Å². The molecular formula is C17H12ClN3O2S. The van der Waals surface area contributed by atoms with Crippen LogP contribution in [0.4, 0.5) is 0 Å². The van der Waals surface area contributed by atoms with Crippen LogP contribution in [0.3, 0.4) is 0 Å². The van der Waals surface area contributed by atoms with Crippen LogP contribution < -0.4 is 11.1 Å². The van der Waals surface area contributed by atoms with Gasteiger partial charge in [-0.1, -0.05) is 11.6 Å². The highest BCUT2D eigenvalue weighted by atomic mass is 35.5. The third-order valence-corrected chi connectivity index (χ3v) is 4.88. The summed E-state index contributed by atoms with van der Waals surface area (Å²) in [4.78, 5) is 25.2. The molecule has 24 heavy (non-hydrogen) atoms. The van der Waals surface area contributed by atoms with Crippen LogP contribution in [0.2, 0.25) is 4.34 Å². The maximum Gasteiger partial charge on any atom is 0.269 e. The number of nitrogens with zero attached hydrogens (tertiary/aromatic N) is 3. The Kier molecular flexibility index (Phi) is 4.38. The van der Waals surface area contributed by atoms with Gasteiger partial charge >= 0.3 is 0 Å². The van der Waals surface area contributed by atoms with Gasteiger partial charge in [-0.15, -0.1) is 11.3 Å². The van der Waals surface area contributed by atoms with Crippen molar-refractivity contribution in [3.63, 3.8) is 0 Å². The highest BCUT2D eigenvalue weighted by Gasteiger charge is 2.13. The molecule has 0 fully saturated rings. The molecule has 0 saturated carbocycles. The first-order valence-electron chi connectivity index (χ1n) is 7.05. The van der Waals surface area contributed by atoms with E-state index in [2.05, 4.69) is 0 Å². The molecular weight excluding hydrogens is 346 g/mol. The van der Waals surface area contributed by atoms with Crippen LogP contribution >= 0.6 is 22.9 Å². The molecule has 5 nitrogen and oxygen atoms in total. The van der Waals surface area contributed by atoms with Gasteiger partial charge in [0.05, 0.1) is 21.5 Å². The van der Waals surface area contributed by atoms with Gasteiger partial charge in [0.2, 0.25) is 0 Å². The zero-order valence-corrected chi connectivity index (χ0v) is 14.3. The highest BCUT2D eigenvalue weighted by Crippen LogP contribution is 2.30. The van der Waals surface area contributed by atoms with E-state index < -0.39 is 0 Å². The van der Waals surface area contributed by atoms with E-state index in [9.17, 15) is 9.59 Å². The van der Waals surface area contributed by atoms with E-state index in [0.29, 0.717) is 15.6 Å². The molecule has 0 aliphatic rings. The predicted molar refractivity (Wildman–Crippen MR) is 94.5 cm³/mol. The van der Waals surface area contributed by atoms with Gasteiger partial charge in [-0.25, -0.2) is 0 Å². The van der Waals surface area contributed by atoms with E-state index in [-0.39, 0.29) is 23.2 Å². The molecule has 0 saturated heterocycles. The molecule has 3 aromatic heterocycles. The van der Waals surface area contributed by atoms with Crippen LogP contribution in [0.5, 0.6) is 0 Å². The molecule has 3 aromatic rings. The fourth-order valence-corrected chi connectivity index (χ4v) is 3.44. The minimum Gasteiger partial charge on any atom is -0.319 e. The highest BCUT2D eigenvalue weighted by molar-refractivity contribution is 7.19. The number of hydrogen-bond acceptors (Lipinski definition) is 4. The lowest BCUT2D eigenvalue weighted by Crippen LogP contribution is -2.25. The maximum absolute atomic E-state index is 12.6.